The molecule has 0 bridgehead atoms. The second-order valence-corrected chi connectivity index (χ2v) is 5.35. The van der Waals surface area contributed by atoms with E-state index < -0.39 is 0 Å². The van der Waals surface area contributed by atoms with Crippen LogP contribution in [-0.4, -0.2) is 61.7 Å². The van der Waals surface area contributed by atoms with Crippen LogP contribution in [0, 0.1) is 0 Å². The number of hydrogen-bond donors (Lipinski definition) is 1. The lowest BCUT2D eigenvalue weighted by Crippen LogP contribution is -2.51. The Balaban J connectivity index is 1.73. The average molecular weight is 225 g/mol. The monoisotopic (exact) mass is 225 g/mol. The first-order valence-corrected chi connectivity index (χ1v) is 7.03. The van der Waals surface area contributed by atoms with Crippen LogP contribution >= 0.6 is 0 Å². The van der Waals surface area contributed by atoms with Gasteiger partial charge in [-0.15, -0.1) is 0 Å². The minimum atomic E-state index is 0.736. The third-order valence-electron chi connectivity index (χ3n) is 4.00. The summed E-state index contributed by atoms with van der Waals surface area (Å²) >= 11 is 0. The zero-order valence-corrected chi connectivity index (χ0v) is 10.7. The van der Waals surface area contributed by atoms with Gasteiger partial charge in [-0.1, -0.05) is 12.8 Å². The molecule has 0 saturated carbocycles. The third kappa shape index (κ3) is 3.72. The summed E-state index contributed by atoms with van der Waals surface area (Å²) < 4.78 is 0. The third-order valence-corrected chi connectivity index (χ3v) is 4.00. The van der Waals surface area contributed by atoms with Crippen LogP contribution in [0.15, 0.2) is 0 Å². The summed E-state index contributed by atoms with van der Waals surface area (Å²) in [5.74, 6) is 0. The van der Waals surface area contributed by atoms with Crippen molar-refractivity contribution in [3.8, 4) is 0 Å². The van der Waals surface area contributed by atoms with E-state index in [1.165, 1.54) is 71.5 Å². The largest absolute Gasteiger partial charge is 0.314 e. The van der Waals surface area contributed by atoms with Gasteiger partial charge in [0.2, 0.25) is 0 Å². The van der Waals surface area contributed by atoms with Gasteiger partial charge in [0, 0.05) is 38.8 Å². The minimum Gasteiger partial charge on any atom is -0.314 e. The fraction of sp³-hybridized carbons (Fsp3) is 1.00. The molecule has 0 aromatic rings. The summed E-state index contributed by atoms with van der Waals surface area (Å²) in [5.41, 5.74) is 0. The zero-order valence-electron chi connectivity index (χ0n) is 10.7. The second-order valence-electron chi connectivity index (χ2n) is 5.35. The van der Waals surface area contributed by atoms with Gasteiger partial charge in [0.1, 0.15) is 0 Å². The quantitative estimate of drug-likeness (QED) is 0.777. The van der Waals surface area contributed by atoms with Gasteiger partial charge in [-0.3, -0.25) is 4.90 Å². The fourth-order valence-corrected chi connectivity index (χ4v) is 2.93. The molecule has 1 unspecified atom stereocenters. The van der Waals surface area contributed by atoms with Gasteiger partial charge in [0.15, 0.2) is 0 Å². The Morgan fingerprint density at radius 3 is 2.19 bits per heavy atom. The van der Waals surface area contributed by atoms with Crippen LogP contribution in [0.3, 0.4) is 0 Å². The van der Waals surface area contributed by atoms with E-state index in [1.807, 2.05) is 0 Å². The molecule has 0 amide bonds. The smallest absolute Gasteiger partial charge is 0.0195 e. The summed E-state index contributed by atoms with van der Waals surface area (Å²) in [6.45, 7) is 11.1. The molecule has 0 aromatic carbocycles. The molecule has 0 aromatic heterocycles. The molecule has 2 saturated heterocycles. The molecule has 2 heterocycles. The van der Waals surface area contributed by atoms with Gasteiger partial charge < -0.3 is 10.2 Å². The van der Waals surface area contributed by atoms with E-state index in [2.05, 4.69) is 22.0 Å². The van der Waals surface area contributed by atoms with Gasteiger partial charge in [-0.2, -0.15) is 0 Å². The molecule has 2 fully saturated rings. The van der Waals surface area contributed by atoms with Gasteiger partial charge in [-0.25, -0.2) is 0 Å². The molecule has 3 nitrogen and oxygen atoms in total. The number of rotatable bonds is 3. The van der Waals surface area contributed by atoms with E-state index >= 15 is 0 Å². The van der Waals surface area contributed by atoms with E-state index in [0.29, 0.717) is 0 Å². The topological polar surface area (TPSA) is 18.5 Å². The van der Waals surface area contributed by atoms with Crippen molar-refractivity contribution in [1.82, 2.24) is 15.1 Å². The van der Waals surface area contributed by atoms with Crippen molar-refractivity contribution in [3.63, 3.8) is 0 Å². The molecular formula is C13H27N3. The second kappa shape index (κ2) is 6.58. The summed E-state index contributed by atoms with van der Waals surface area (Å²) in [6.07, 6.45) is 5.71. The molecule has 0 spiro atoms. The van der Waals surface area contributed by atoms with Crippen LogP contribution in [0.25, 0.3) is 0 Å². The van der Waals surface area contributed by atoms with Gasteiger partial charge in [0.25, 0.3) is 0 Å². The van der Waals surface area contributed by atoms with Gasteiger partial charge in [0.05, 0.1) is 0 Å². The number of nitrogens with zero attached hydrogens (tertiary/aromatic N) is 2. The van der Waals surface area contributed by atoms with E-state index in [0.717, 1.165) is 6.04 Å². The summed E-state index contributed by atoms with van der Waals surface area (Å²) in [6, 6.07) is 0.736. The van der Waals surface area contributed by atoms with Crippen LogP contribution < -0.4 is 5.32 Å². The Morgan fingerprint density at radius 2 is 1.56 bits per heavy atom. The lowest BCUT2D eigenvalue weighted by Gasteiger charge is -2.35. The first kappa shape index (κ1) is 12.3. The fourth-order valence-electron chi connectivity index (χ4n) is 2.93. The van der Waals surface area contributed by atoms with Crippen molar-refractivity contribution in [2.45, 2.75) is 38.6 Å². The molecule has 94 valence electrons. The van der Waals surface area contributed by atoms with Crippen molar-refractivity contribution >= 4 is 0 Å². The first-order chi connectivity index (χ1) is 7.86. The molecule has 1 atom stereocenters. The van der Waals surface area contributed by atoms with E-state index in [1.54, 1.807) is 0 Å². The highest BCUT2D eigenvalue weighted by atomic mass is 15.2. The highest BCUT2D eigenvalue weighted by Crippen LogP contribution is 2.11. The van der Waals surface area contributed by atoms with Crippen molar-refractivity contribution in [2.24, 2.45) is 0 Å². The van der Waals surface area contributed by atoms with E-state index in [-0.39, 0.29) is 0 Å². The molecule has 2 aliphatic heterocycles. The molecule has 1 N–H and O–H groups in total. The Hall–Kier alpha value is -0.120. The Bertz CT molecular complexity index is 182. The van der Waals surface area contributed by atoms with Crippen molar-refractivity contribution in [1.29, 1.82) is 0 Å². The lowest BCUT2D eigenvalue weighted by atomic mass is 10.2. The maximum Gasteiger partial charge on any atom is 0.0195 e. The molecule has 2 rings (SSSR count). The van der Waals surface area contributed by atoms with E-state index in [4.69, 9.17) is 0 Å². The van der Waals surface area contributed by atoms with Crippen LogP contribution in [-0.2, 0) is 0 Å². The predicted octanol–water partition coefficient (Wildman–Crippen LogP) is 1.16. The molecule has 3 heteroatoms. The zero-order chi connectivity index (χ0) is 11.2. The van der Waals surface area contributed by atoms with Crippen molar-refractivity contribution < 1.29 is 0 Å². The molecule has 0 radical (unpaired) electrons. The van der Waals surface area contributed by atoms with E-state index in [9.17, 15) is 0 Å². The predicted molar refractivity (Wildman–Crippen MR) is 68.8 cm³/mol. The number of likely N-dealkylation sites (tertiary alicyclic amines) is 1. The number of nitrogens with one attached hydrogen (secondary N) is 1. The Kier molecular flexibility index (Phi) is 5.07. The van der Waals surface area contributed by atoms with Crippen molar-refractivity contribution in [2.75, 3.05) is 45.8 Å². The van der Waals surface area contributed by atoms with Crippen LogP contribution in [0.4, 0.5) is 0 Å². The number of piperazine rings is 1. The Labute approximate surface area is 100 Å². The maximum absolute atomic E-state index is 3.43. The van der Waals surface area contributed by atoms with Gasteiger partial charge in [-0.05, 0) is 32.9 Å². The van der Waals surface area contributed by atoms with Crippen LogP contribution in [0.1, 0.15) is 32.6 Å². The van der Waals surface area contributed by atoms with Gasteiger partial charge >= 0.3 is 0 Å². The summed E-state index contributed by atoms with van der Waals surface area (Å²) in [5, 5.41) is 3.43. The van der Waals surface area contributed by atoms with Crippen molar-refractivity contribution in [3.05, 3.63) is 0 Å². The standard InChI is InChI=1S/C13H27N3/c1-13(16-10-6-14-7-11-16)12-15-8-4-2-3-5-9-15/h13-14H,2-12H2,1H3. The normalized spacial score (nSPS) is 27.6. The Morgan fingerprint density at radius 1 is 0.938 bits per heavy atom. The minimum absolute atomic E-state index is 0.736. The van der Waals surface area contributed by atoms with Crippen LogP contribution in [0.5, 0.6) is 0 Å². The first-order valence-electron chi connectivity index (χ1n) is 7.03. The molecular weight excluding hydrogens is 198 g/mol. The highest BCUT2D eigenvalue weighted by molar-refractivity contribution is 4.77. The molecule has 16 heavy (non-hydrogen) atoms. The molecule has 0 aliphatic carbocycles. The lowest BCUT2D eigenvalue weighted by molar-refractivity contribution is 0.136. The average Bonchev–Trinajstić information content (AvgIpc) is 2.59. The molecule has 2 aliphatic rings. The number of hydrogen-bond acceptors (Lipinski definition) is 3. The highest BCUT2D eigenvalue weighted by Gasteiger charge is 2.19. The van der Waals surface area contributed by atoms with Crippen LogP contribution in [0.2, 0.25) is 0 Å². The summed E-state index contributed by atoms with van der Waals surface area (Å²) in [4.78, 5) is 5.32. The SMILES string of the molecule is CC(CN1CCCCCC1)N1CCNCC1. The summed E-state index contributed by atoms with van der Waals surface area (Å²) in [7, 11) is 0. The maximum atomic E-state index is 3.43.